The lowest BCUT2D eigenvalue weighted by atomic mass is 9.85. The largest absolute Gasteiger partial charge is 0.481 e. The lowest BCUT2D eigenvalue weighted by molar-refractivity contribution is -0.145. The molecule has 3 atom stereocenters. The smallest absolute Gasteiger partial charge is 0.306 e. The van der Waals surface area contributed by atoms with Crippen molar-refractivity contribution in [3.05, 3.63) is 0 Å². The zero-order chi connectivity index (χ0) is 14.7. The number of nitrogens with zero attached hydrogens (tertiary/aromatic N) is 1. The molecule has 0 spiro atoms. The van der Waals surface area contributed by atoms with Crippen LogP contribution in [-0.4, -0.2) is 47.6 Å². The molecule has 2 rings (SSSR count). The average Bonchev–Trinajstić information content (AvgIpc) is 2.35. The van der Waals surface area contributed by atoms with E-state index in [0.717, 1.165) is 19.5 Å². The lowest BCUT2D eigenvalue weighted by Crippen LogP contribution is -2.55. The number of carboxylic acids is 1. The summed E-state index contributed by atoms with van der Waals surface area (Å²) in [6, 6.07) is 0.325. The van der Waals surface area contributed by atoms with Crippen LogP contribution in [0.15, 0.2) is 0 Å². The SMILES string of the molecule is CC1CCCCC1NC(=O)CN1CC(C(C)C(=O)O)C1. The number of amides is 1. The van der Waals surface area contributed by atoms with Crippen LogP contribution in [0.2, 0.25) is 0 Å². The molecule has 2 N–H and O–H groups in total. The van der Waals surface area contributed by atoms with Gasteiger partial charge in [0.25, 0.3) is 0 Å². The zero-order valence-electron chi connectivity index (χ0n) is 12.5. The Morgan fingerprint density at radius 1 is 1.30 bits per heavy atom. The highest BCUT2D eigenvalue weighted by atomic mass is 16.4. The van der Waals surface area contributed by atoms with Crippen molar-refractivity contribution in [1.82, 2.24) is 10.2 Å². The number of nitrogens with one attached hydrogen (secondary N) is 1. The lowest BCUT2D eigenvalue weighted by Gasteiger charge is -2.41. The van der Waals surface area contributed by atoms with Crippen molar-refractivity contribution in [1.29, 1.82) is 0 Å². The van der Waals surface area contributed by atoms with Gasteiger partial charge in [0.05, 0.1) is 12.5 Å². The first kappa shape index (κ1) is 15.3. The standard InChI is InChI=1S/C15H26N2O3/c1-10-5-3-4-6-13(10)16-14(18)9-17-7-12(8-17)11(2)15(19)20/h10-13H,3-9H2,1-2H3,(H,16,18)(H,19,20). The second-order valence-electron chi connectivity index (χ2n) is 6.52. The average molecular weight is 282 g/mol. The van der Waals surface area contributed by atoms with Crippen LogP contribution in [-0.2, 0) is 9.59 Å². The third-order valence-electron chi connectivity index (χ3n) is 4.91. The van der Waals surface area contributed by atoms with Crippen molar-refractivity contribution >= 4 is 11.9 Å². The molecule has 1 aliphatic carbocycles. The number of hydrogen-bond acceptors (Lipinski definition) is 3. The Labute approximate surface area is 120 Å². The topological polar surface area (TPSA) is 69.6 Å². The second-order valence-corrected chi connectivity index (χ2v) is 6.52. The summed E-state index contributed by atoms with van der Waals surface area (Å²) < 4.78 is 0. The number of aliphatic carboxylic acids is 1. The van der Waals surface area contributed by atoms with E-state index in [0.29, 0.717) is 18.5 Å². The molecule has 1 amide bonds. The summed E-state index contributed by atoms with van der Waals surface area (Å²) in [5.74, 6) is -0.203. The molecule has 0 aromatic rings. The van der Waals surface area contributed by atoms with Gasteiger partial charge in [-0.05, 0) is 24.7 Å². The summed E-state index contributed by atoms with van der Waals surface area (Å²) in [7, 11) is 0. The number of rotatable bonds is 5. The van der Waals surface area contributed by atoms with Gasteiger partial charge in [-0.2, -0.15) is 0 Å². The monoisotopic (exact) mass is 282 g/mol. The Kier molecular flexibility index (Phi) is 5.02. The first-order valence-electron chi connectivity index (χ1n) is 7.72. The summed E-state index contributed by atoms with van der Waals surface area (Å²) in [6.07, 6.45) is 4.77. The van der Waals surface area contributed by atoms with E-state index in [1.807, 2.05) is 4.90 Å². The van der Waals surface area contributed by atoms with Crippen molar-refractivity contribution in [2.75, 3.05) is 19.6 Å². The van der Waals surface area contributed by atoms with Gasteiger partial charge in [-0.3, -0.25) is 14.5 Å². The number of carboxylic acid groups (broad SMARTS) is 1. The Morgan fingerprint density at radius 2 is 1.95 bits per heavy atom. The van der Waals surface area contributed by atoms with Crippen LogP contribution in [0.5, 0.6) is 0 Å². The Bertz CT molecular complexity index is 366. The predicted octanol–water partition coefficient (Wildman–Crippen LogP) is 1.33. The molecule has 5 heteroatoms. The van der Waals surface area contributed by atoms with Crippen molar-refractivity contribution in [2.24, 2.45) is 17.8 Å². The van der Waals surface area contributed by atoms with Gasteiger partial charge in [-0.25, -0.2) is 0 Å². The minimum atomic E-state index is -0.741. The highest BCUT2D eigenvalue weighted by molar-refractivity contribution is 5.78. The number of likely N-dealkylation sites (tertiary alicyclic amines) is 1. The van der Waals surface area contributed by atoms with Crippen molar-refractivity contribution in [3.63, 3.8) is 0 Å². The van der Waals surface area contributed by atoms with Gasteiger partial charge in [-0.15, -0.1) is 0 Å². The summed E-state index contributed by atoms with van der Waals surface area (Å²) in [6.45, 7) is 5.81. The predicted molar refractivity (Wildman–Crippen MR) is 76.3 cm³/mol. The van der Waals surface area contributed by atoms with Gasteiger partial charge < -0.3 is 10.4 Å². The van der Waals surface area contributed by atoms with Crippen molar-refractivity contribution in [3.8, 4) is 0 Å². The van der Waals surface area contributed by atoms with Crippen molar-refractivity contribution < 1.29 is 14.7 Å². The van der Waals surface area contributed by atoms with E-state index in [9.17, 15) is 9.59 Å². The molecule has 0 radical (unpaired) electrons. The second kappa shape index (κ2) is 6.57. The molecular formula is C15H26N2O3. The van der Waals surface area contributed by atoms with E-state index in [2.05, 4.69) is 12.2 Å². The molecular weight excluding hydrogens is 256 g/mol. The maximum absolute atomic E-state index is 12.0. The molecule has 1 saturated heterocycles. The summed E-state index contributed by atoms with van der Waals surface area (Å²) in [4.78, 5) is 24.9. The van der Waals surface area contributed by atoms with Gasteiger partial charge >= 0.3 is 5.97 Å². The minimum absolute atomic E-state index is 0.0881. The zero-order valence-corrected chi connectivity index (χ0v) is 12.5. The summed E-state index contributed by atoms with van der Waals surface area (Å²) >= 11 is 0. The first-order valence-corrected chi connectivity index (χ1v) is 7.72. The fourth-order valence-electron chi connectivity index (χ4n) is 3.24. The quantitative estimate of drug-likeness (QED) is 0.798. The number of carbonyl (C=O) groups is 2. The van der Waals surface area contributed by atoms with Gasteiger partial charge in [-0.1, -0.05) is 26.7 Å². The minimum Gasteiger partial charge on any atom is -0.481 e. The molecule has 2 fully saturated rings. The van der Waals surface area contributed by atoms with Crippen LogP contribution in [0.25, 0.3) is 0 Å². The van der Waals surface area contributed by atoms with E-state index in [1.165, 1.54) is 19.3 Å². The molecule has 0 bridgehead atoms. The Morgan fingerprint density at radius 3 is 2.55 bits per heavy atom. The molecule has 1 aliphatic heterocycles. The molecule has 114 valence electrons. The van der Waals surface area contributed by atoms with E-state index in [-0.39, 0.29) is 17.7 Å². The molecule has 1 saturated carbocycles. The molecule has 1 heterocycles. The van der Waals surface area contributed by atoms with E-state index in [4.69, 9.17) is 5.11 Å². The van der Waals surface area contributed by atoms with Crippen LogP contribution in [0.4, 0.5) is 0 Å². The highest BCUT2D eigenvalue weighted by Gasteiger charge is 2.35. The van der Waals surface area contributed by atoms with E-state index < -0.39 is 5.97 Å². The first-order chi connectivity index (χ1) is 9.47. The van der Waals surface area contributed by atoms with Crippen LogP contribution < -0.4 is 5.32 Å². The van der Waals surface area contributed by atoms with Gasteiger partial charge in [0.1, 0.15) is 0 Å². The maximum atomic E-state index is 12.0. The number of hydrogen-bond donors (Lipinski definition) is 2. The molecule has 0 aromatic heterocycles. The van der Waals surface area contributed by atoms with E-state index in [1.54, 1.807) is 6.92 Å². The van der Waals surface area contributed by atoms with Gasteiger partial charge in [0.15, 0.2) is 0 Å². The summed E-state index contributed by atoms with van der Waals surface area (Å²) in [5.41, 5.74) is 0. The fraction of sp³-hybridized carbons (Fsp3) is 0.867. The normalized spacial score (nSPS) is 29.5. The summed E-state index contributed by atoms with van der Waals surface area (Å²) in [5, 5.41) is 12.1. The number of carbonyl (C=O) groups excluding carboxylic acids is 1. The molecule has 2 aliphatic rings. The third-order valence-corrected chi connectivity index (χ3v) is 4.91. The molecule has 0 aromatic carbocycles. The molecule has 5 nitrogen and oxygen atoms in total. The third kappa shape index (κ3) is 3.72. The molecule has 3 unspecified atom stereocenters. The van der Waals surface area contributed by atoms with Crippen LogP contribution in [0, 0.1) is 17.8 Å². The van der Waals surface area contributed by atoms with Gasteiger partial charge in [0.2, 0.25) is 5.91 Å². The fourth-order valence-corrected chi connectivity index (χ4v) is 3.24. The Hall–Kier alpha value is -1.10. The molecule has 20 heavy (non-hydrogen) atoms. The van der Waals surface area contributed by atoms with E-state index >= 15 is 0 Å². The maximum Gasteiger partial charge on any atom is 0.306 e. The van der Waals surface area contributed by atoms with Crippen LogP contribution in [0.3, 0.4) is 0 Å². The van der Waals surface area contributed by atoms with Crippen LogP contribution >= 0.6 is 0 Å². The van der Waals surface area contributed by atoms with Crippen molar-refractivity contribution in [2.45, 2.75) is 45.6 Å². The Balaban J connectivity index is 1.68. The van der Waals surface area contributed by atoms with Gasteiger partial charge in [0, 0.05) is 19.1 Å². The highest BCUT2D eigenvalue weighted by Crippen LogP contribution is 2.25. The van der Waals surface area contributed by atoms with Crippen LogP contribution in [0.1, 0.15) is 39.5 Å².